The normalized spacial score (nSPS) is 24.3. The molecule has 1 unspecified atom stereocenters. The number of nitriles is 1. The van der Waals surface area contributed by atoms with Gasteiger partial charge in [0.05, 0.1) is 28.7 Å². The van der Waals surface area contributed by atoms with E-state index in [1.165, 1.54) is 12.1 Å². The van der Waals surface area contributed by atoms with Gasteiger partial charge in [-0.1, -0.05) is 12.1 Å². The fourth-order valence-corrected chi connectivity index (χ4v) is 6.51. The second-order valence-corrected chi connectivity index (χ2v) is 10.9. The lowest BCUT2D eigenvalue weighted by Gasteiger charge is -2.28. The molecule has 1 aliphatic heterocycles. The summed E-state index contributed by atoms with van der Waals surface area (Å²) in [6, 6.07) is 15.0. The van der Waals surface area contributed by atoms with Crippen molar-refractivity contribution in [2.45, 2.75) is 58.5 Å². The van der Waals surface area contributed by atoms with Gasteiger partial charge in [-0.2, -0.15) is 20.6 Å². The highest BCUT2D eigenvalue weighted by Crippen LogP contribution is 2.50. The van der Waals surface area contributed by atoms with E-state index < -0.39 is 0 Å². The van der Waals surface area contributed by atoms with Crippen LogP contribution in [0.3, 0.4) is 0 Å². The van der Waals surface area contributed by atoms with Gasteiger partial charge in [-0.15, -0.1) is 0 Å². The standard InChI is InChI=1S/C29H31N7O/c1-16(2)32-26-11-19(29-7-5-22-8-18(14-30)15-31-36(22)29)4-6-23(26)27-13-28(35-34-27)24-10-21-9-20(24)12-25(21)33-17(3)37/h4-8,11,15-16,20-21,24-25,32H,9-10,12-13H2,1-3H3,(H,33,37)/t20-,21-,24?,25-/m1/s1. The number of carbonyl (C=O) groups is 1. The number of nitrogens with one attached hydrogen (secondary N) is 2. The van der Waals surface area contributed by atoms with Crippen LogP contribution in [0.1, 0.15) is 57.6 Å². The van der Waals surface area contributed by atoms with Gasteiger partial charge in [0, 0.05) is 53.9 Å². The first kappa shape index (κ1) is 23.4. The summed E-state index contributed by atoms with van der Waals surface area (Å²) in [4.78, 5) is 11.5. The Labute approximate surface area is 216 Å². The molecule has 37 heavy (non-hydrogen) atoms. The van der Waals surface area contributed by atoms with Gasteiger partial charge in [-0.25, -0.2) is 4.52 Å². The Morgan fingerprint density at radius 3 is 2.70 bits per heavy atom. The van der Waals surface area contributed by atoms with Crippen LogP contribution in [-0.2, 0) is 4.79 Å². The Balaban J connectivity index is 1.23. The third-order valence-electron chi connectivity index (χ3n) is 8.02. The summed E-state index contributed by atoms with van der Waals surface area (Å²) in [6.07, 6.45) is 5.69. The molecule has 3 heterocycles. The summed E-state index contributed by atoms with van der Waals surface area (Å²) in [5, 5.41) is 29.8. The zero-order chi connectivity index (χ0) is 25.7. The largest absolute Gasteiger partial charge is 0.382 e. The Hall–Kier alpha value is -3.99. The fraction of sp³-hybridized carbons (Fsp3) is 0.414. The summed E-state index contributed by atoms with van der Waals surface area (Å²) < 4.78 is 1.87. The number of anilines is 1. The molecule has 2 fully saturated rings. The van der Waals surface area contributed by atoms with Gasteiger partial charge < -0.3 is 10.6 Å². The average molecular weight is 494 g/mol. The van der Waals surface area contributed by atoms with Crippen LogP contribution in [0.25, 0.3) is 16.8 Å². The Morgan fingerprint density at radius 1 is 1.11 bits per heavy atom. The highest BCUT2D eigenvalue weighted by molar-refractivity contribution is 6.18. The maximum atomic E-state index is 11.5. The summed E-state index contributed by atoms with van der Waals surface area (Å²) in [5.41, 5.74) is 7.76. The van der Waals surface area contributed by atoms with E-state index in [0.717, 1.165) is 53.0 Å². The Morgan fingerprint density at radius 2 is 1.97 bits per heavy atom. The quantitative estimate of drug-likeness (QED) is 0.515. The maximum absolute atomic E-state index is 11.5. The van der Waals surface area contributed by atoms with Crippen LogP contribution in [-0.4, -0.2) is 39.0 Å². The van der Waals surface area contributed by atoms with Crippen molar-refractivity contribution in [3.05, 3.63) is 53.7 Å². The molecule has 1 amide bonds. The molecular formula is C29H31N7O. The van der Waals surface area contributed by atoms with Gasteiger partial charge in [-0.05, 0) is 69.2 Å². The molecular weight excluding hydrogens is 462 g/mol. The zero-order valence-electron chi connectivity index (χ0n) is 21.4. The monoisotopic (exact) mass is 493 g/mol. The molecule has 188 valence electrons. The minimum absolute atomic E-state index is 0.0717. The summed E-state index contributed by atoms with van der Waals surface area (Å²) >= 11 is 0. The van der Waals surface area contributed by atoms with Crippen molar-refractivity contribution in [1.82, 2.24) is 14.9 Å². The van der Waals surface area contributed by atoms with E-state index in [0.29, 0.717) is 29.4 Å². The SMILES string of the molecule is CC(=O)N[C@@H]1C[C@H]2C[C@@H]1CC2C1=NN=C(c2ccc(-c3ccc4cc(C#N)cnn34)cc2NC(C)C)C1. The number of nitrogens with zero attached hydrogens (tertiary/aromatic N) is 5. The highest BCUT2D eigenvalue weighted by atomic mass is 16.1. The van der Waals surface area contributed by atoms with E-state index in [2.05, 4.69) is 64.1 Å². The van der Waals surface area contributed by atoms with Gasteiger partial charge in [-0.3, -0.25) is 4.79 Å². The first-order valence-electron chi connectivity index (χ1n) is 13.1. The van der Waals surface area contributed by atoms with Gasteiger partial charge in [0.25, 0.3) is 0 Å². The number of carbonyl (C=O) groups excluding carboxylic acids is 1. The molecule has 6 rings (SSSR count). The summed E-state index contributed by atoms with van der Waals surface area (Å²) in [6.45, 7) is 5.87. The number of aromatic nitrogens is 2. The van der Waals surface area contributed by atoms with Crippen molar-refractivity contribution < 1.29 is 4.79 Å². The second-order valence-electron chi connectivity index (χ2n) is 10.9. The first-order chi connectivity index (χ1) is 17.9. The number of fused-ring (bicyclic) bond motifs is 3. The van der Waals surface area contributed by atoms with E-state index in [-0.39, 0.29) is 11.9 Å². The van der Waals surface area contributed by atoms with Crippen LogP contribution in [0.4, 0.5) is 5.69 Å². The lowest BCUT2D eigenvalue weighted by atomic mass is 9.81. The number of rotatable bonds is 6. The van der Waals surface area contributed by atoms with Crippen LogP contribution < -0.4 is 10.6 Å². The van der Waals surface area contributed by atoms with Gasteiger partial charge in [0.1, 0.15) is 6.07 Å². The molecule has 3 aromatic rings. The van der Waals surface area contributed by atoms with E-state index in [4.69, 9.17) is 0 Å². The molecule has 2 aliphatic carbocycles. The summed E-state index contributed by atoms with van der Waals surface area (Å²) in [7, 11) is 0. The van der Waals surface area contributed by atoms with Crippen molar-refractivity contribution in [2.24, 2.45) is 28.0 Å². The smallest absolute Gasteiger partial charge is 0.217 e. The Bertz CT molecular complexity index is 1490. The third-order valence-corrected chi connectivity index (χ3v) is 8.02. The highest BCUT2D eigenvalue weighted by Gasteiger charge is 2.48. The number of amides is 1. The predicted molar refractivity (Wildman–Crippen MR) is 145 cm³/mol. The van der Waals surface area contributed by atoms with E-state index >= 15 is 0 Å². The molecule has 2 bridgehead atoms. The molecule has 2 aromatic heterocycles. The van der Waals surface area contributed by atoms with E-state index in [1.807, 2.05) is 22.7 Å². The molecule has 2 saturated carbocycles. The van der Waals surface area contributed by atoms with Crippen molar-refractivity contribution in [3.8, 4) is 17.3 Å². The van der Waals surface area contributed by atoms with Gasteiger partial charge in [0.15, 0.2) is 0 Å². The van der Waals surface area contributed by atoms with Crippen LogP contribution in [0.5, 0.6) is 0 Å². The van der Waals surface area contributed by atoms with Crippen molar-refractivity contribution in [3.63, 3.8) is 0 Å². The molecule has 0 saturated heterocycles. The fourth-order valence-electron chi connectivity index (χ4n) is 6.51. The van der Waals surface area contributed by atoms with Crippen LogP contribution in [0.15, 0.2) is 52.8 Å². The molecule has 4 atom stereocenters. The van der Waals surface area contributed by atoms with E-state index in [1.54, 1.807) is 13.1 Å². The molecule has 8 heteroatoms. The lowest BCUT2D eigenvalue weighted by molar-refractivity contribution is -0.120. The van der Waals surface area contributed by atoms with Gasteiger partial charge >= 0.3 is 0 Å². The summed E-state index contributed by atoms with van der Waals surface area (Å²) in [5.74, 6) is 1.68. The molecule has 0 spiro atoms. The van der Waals surface area contributed by atoms with Crippen molar-refractivity contribution >= 4 is 28.5 Å². The van der Waals surface area contributed by atoms with E-state index in [9.17, 15) is 10.1 Å². The third kappa shape index (κ3) is 4.29. The number of hydrogen-bond donors (Lipinski definition) is 2. The van der Waals surface area contributed by atoms with Crippen molar-refractivity contribution in [2.75, 3.05) is 5.32 Å². The molecule has 8 nitrogen and oxygen atoms in total. The van der Waals surface area contributed by atoms with Gasteiger partial charge in [0.2, 0.25) is 5.91 Å². The van der Waals surface area contributed by atoms with Crippen molar-refractivity contribution in [1.29, 1.82) is 5.26 Å². The Kier molecular flexibility index (Phi) is 5.79. The number of hydrogen-bond acceptors (Lipinski definition) is 6. The zero-order valence-corrected chi connectivity index (χ0v) is 21.4. The number of benzene rings is 1. The predicted octanol–water partition coefficient (Wildman–Crippen LogP) is 4.79. The topological polar surface area (TPSA) is 107 Å². The van der Waals surface area contributed by atoms with Crippen LogP contribution >= 0.6 is 0 Å². The minimum Gasteiger partial charge on any atom is -0.382 e. The molecule has 0 radical (unpaired) electrons. The molecule has 2 N–H and O–H groups in total. The molecule has 3 aliphatic rings. The molecule has 1 aromatic carbocycles. The first-order valence-corrected chi connectivity index (χ1v) is 13.1. The minimum atomic E-state index is 0.0717. The maximum Gasteiger partial charge on any atom is 0.217 e. The second kappa shape index (κ2) is 9.15. The van der Waals surface area contributed by atoms with Crippen LogP contribution in [0, 0.1) is 29.1 Å². The van der Waals surface area contributed by atoms with Crippen LogP contribution in [0.2, 0.25) is 0 Å². The average Bonchev–Trinajstić information content (AvgIpc) is 3.65. The lowest BCUT2D eigenvalue weighted by Crippen LogP contribution is -2.39.